The summed E-state index contributed by atoms with van der Waals surface area (Å²) < 4.78 is 5.17. The van der Waals surface area contributed by atoms with Gasteiger partial charge in [0.25, 0.3) is 0 Å². The third-order valence-electron chi connectivity index (χ3n) is 2.40. The van der Waals surface area contributed by atoms with Gasteiger partial charge in [0.05, 0.1) is 6.42 Å². The molecule has 0 aromatic carbocycles. The van der Waals surface area contributed by atoms with Crippen LogP contribution in [-0.2, 0) is 9.53 Å². The van der Waals surface area contributed by atoms with Crippen molar-refractivity contribution in [1.29, 1.82) is 0 Å². The summed E-state index contributed by atoms with van der Waals surface area (Å²) in [5.41, 5.74) is 2.46. The van der Waals surface area contributed by atoms with E-state index in [0.29, 0.717) is 6.42 Å². The van der Waals surface area contributed by atoms with Crippen LogP contribution in [0, 0.1) is 0 Å². The Bertz CT molecular complexity index is 281. The zero-order valence-corrected chi connectivity index (χ0v) is 7.22. The second kappa shape index (κ2) is 2.77. The summed E-state index contributed by atoms with van der Waals surface area (Å²) in [6.07, 6.45) is 5.73. The van der Waals surface area contributed by atoms with Crippen LogP contribution in [0.25, 0.3) is 0 Å². The lowest BCUT2D eigenvalue weighted by Crippen LogP contribution is -2.16. The van der Waals surface area contributed by atoms with Crippen LogP contribution in [-0.4, -0.2) is 5.97 Å². The molecule has 1 fully saturated rings. The predicted octanol–water partition coefficient (Wildman–Crippen LogP) is 2.32. The predicted molar refractivity (Wildman–Crippen MR) is 45.3 cm³/mol. The Hall–Kier alpha value is -1.05. The van der Waals surface area contributed by atoms with Gasteiger partial charge < -0.3 is 4.74 Å². The highest BCUT2D eigenvalue weighted by molar-refractivity contribution is 5.74. The van der Waals surface area contributed by atoms with Gasteiger partial charge in [-0.1, -0.05) is 6.08 Å². The molecule has 1 heterocycles. The van der Waals surface area contributed by atoms with Crippen molar-refractivity contribution < 1.29 is 9.53 Å². The average Bonchev–Trinajstić information content (AvgIpc) is 2.07. The van der Waals surface area contributed by atoms with Crippen LogP contribution in [0.5, 0.6) is 0 Å². The maximum atomic E-state index is 11.0. The van der Waals surface area contributed by atoms with Crippen LogP contribution >= 0.6 is 0 Å². The molecule has 0 aromatic rings. The topological polar surface area (TPSA) is 26.3 Å². The summed E-state index contributed by atoms with van der Waals surface area (Å²) in [4.78, 5) is 11.0. The van der Waals surface area contributed by atoms with Gasteiger partial charge in [0.15, 0.2) is 0 Å². The molecule has 1 aliphatic heterocycles. The van der Waals surface area contributed by atoms with Gasteiger partial charge in [0.2, 0.25) is 0 Å². The molecule has 0 unspecified atom stereocenters. The Morgan fingerprint density at radius 3 is 3.00 bits per heavy atom. The zero-order chi connectivity index (χ0) is 8.55. The highest BCUT2D eigenvalue weighted by atomic mass is 16.5. The van der Waals surface area contributed by atoms with Crippen LogP contribution in [0.2, 0.25) is 0 Å². The van der Waals surface area contributed by atoms with Gasteiger partial charge in [-0.15, -0.1) is 0 Å². The van der Waals surface area contributed by atoms with E-state index in [1.807, 2.05) is 6.92 Å². The normalized spacial score (nSPS) is 23.1. The Balaban J connectivity index is 2.32. The lowest BCUT2D eigenvalue weighted by molar-refractivity contribution is -0.140. The number of allylic oxidation sites excluding steroid dienone is 3. The van der Waals surface area contributed by atoms with Gasteiger partial charge in [-0.3, -0.25) is 4.79 Å². The smallest absolute Gasteiger partial charge is 0.311 e. The second-order valence-electron chi connectivity index (χ2n) is 3.35. The van der Waals surface area contributed by atoms with Crippen molar-refractivity contribution >= 4 is 5.97 Å². The largest absolute Gasteiger partial charge is 0.426 e. The summed E-state index contributed by atoms with van der Waals surface area (Å²) >= 11 is 0. The number of hydrogen-bond acceptors (Lipinski definition) is 2. The van der Waals surface area contributed by atoms with E-state index in [1.165, 1.54) is 11.1 Å². The Morgan fingerprint density at radius 1 is 1.33 bits per heavy atom. The van der Waals surface area contributed by atoms with Gasteiger partial charge in [-0.05, 0) is 37.3 Å². The molecule has 0 aromatic heterocycles. The molecule has 0 amide bonds. The second-order valence-corrected chi connectivity index (χ2v) is 3.35. The van der Waals surface area contributed by atoms with Gasteiger partial charge in [-0.2, -0.15) is 0 Å². The fourth-order valence-corrected chi connectivity index (χ4v) is 1.71. The molecule has 2 aliphatic rings. The monoisotopic (exact) mass is 164 g/mol. The summed E-state index contributed by atoms with van der Waals surface area (Å²) in [5.74, 6) is 0.779. The molecular formula is C10H12O2. The number of fused-ring (bicyclic) bond motifs is 1. The van der Waals surface area contributed by atoms with Crippen molar-refractivity contribution in [3.63, 3.8) is 0 Å². The van der Waals surface area contributed by atoms with E-state index in [4.69, 9.17) is 4.74 Å². The number of carbonyl (C=O) groups is 1. The molecule has 64 valence electrons. The molecular weight excluding hydrogens is 152 g/mol. The van der Waals surface area contributed by atoms with Gasteiger partial charge in [-0.25, -0.2) is 0 Å². The van der Waals surface area contributed by atoms with E-state index in [0.717, 1.165) is 25.0 Å². The first kappa shape index (κ1) is 7.59. The Labute approximate surface area is 71.9 Å². The molecule has 2 rings (SSSR count). The minimum Gasteiger partial charge on any atom is -0.426 e. The van der Waals surface area contributed by atoms with Crippen LogP contribution in [0.3, 0.4) is 0 Å². The minimum atomic E-state index is -0.0802. The fourth-order valence-electron chi connectivity index (χ4n) is 1.71. The highest BCUT2D eigenvalue weighted by Gasteiger charge is 2.23. The molecule has 0 spiro atoms. The summed E-state index contributed by atoms with van der Waals surface area (Å²) in [7, 11) is 0. The number of hydrogen-bond donors (Lipinski definition) is 0. The molecule has 2 heteroatoms. The molecule has 0 atom stereocenters. The van der Waals surface area contributed by atoms with Gasteiger partial charge >= 0.3 is 5.97 Å². The number of esters is 1. The van der Waals surface area contributed by atoms with Crippen molar-refractivity contribution in [2.45, 2.75) is 32.6 Å². The van der Waals surface area contributed by atoms with E-state index in [9.17, 15) is 4.79 Å². The van der Waals surface area contributed by atoms with E-state index in [-0.39, 0.29) is 5.97 Å². The summed E-state index contributed by atoms with van der Waals surface area (Å²) in [6.45, 7) is 2.04. The molecule has 0 saturated carbocycles. The van der Waals surface area contributed by atoms with Crippen LogP contribution < -0.4 is 0 Å². The third kappa shape index (κ3) is 1.17. The van der Waals surface area contributed by atoms with E-state index in [2.05, 4.69) is 6.08 Å². The number of rotatable bonds is 0. The Kier molecular flexibility index (Phi) is 1.75. The zero-order valence-electron chi connectivity index (χ0n) is 7.22. The number of ether oxygens (including phenoxy) is 1. The summed E-state index contributed by atoms with van der Waals surface area (Å²) in [6, 6.07) is 0. The van der Waals surface area contributed by atoms with Crippen molar-refractivity contribution in [2.24, 2.45) is 0 Å². The lowest BCUT2D eigenvalue weighted by Gasteiger charge is -2.23. The SMILES string of the molecule is CC1=C2OC(=O)CCC2=CCC1. The first-order valence-corrected chi connectivity index (χ1v) is 4.37. The van der Waals surface area contributed by atoms with Gasteiger partial charge in [0.1, 0.15) is 5.76 Å². The number of carbonyl (C=O) groups excluding carboxylic acids is 1. The maximum Gasteiger partial charge on any atom is 0.311 e. The third-order valence-corrected chi connectivity index (χ3v) is 2.40. The van der Waals surface area contributed by atoms with Crippen molar-refractivity contribution in [2.75, 3.05) is 0 Å². The molecule has 1 aliphatic carbocycles. The standard InChI is InChI=1S/C10H12O2/c1-7-3-2-4-8-5-6-9(11)12-10(7)8/h4H,2-3,5-6H2,1H3. The van der Waals surface area contributed by atoms with E-state index < -0.39 is 0 Å². The van der Waals surface area contributed by atoms with Gasteiger partial charge in [0, 0.05) is 0 Å². The Morgan fingerprint density at radius 2 is 2.17 bits per heavy atom. The fraction of sp³-hybridized carbons (Fsp3) is 0.500. The van der Waals surface area contributed by atoms with Crippen molar-refractivity contribution in [1.82, 2.24) is 0 Å². The first-order valence-electron chi connectivity index (χ1n) is 4.37. The van der Waals surface area contributed by atoms with Crippen molar-refractivity contribution in [3.05, 3.63) is 23.0 Å². The molecule has 0 radical (unpaired) electrons. The van der Waals surface area contributed by atoms with Crippen LogP contribution in [0.4, 0.5) is 0 Å². The first-order chi connectivity index (χ1) is 5.77. The molecule has 2 nitrogen and oxygen atoms in total. The van der Waals surface area contributed by atoms with E-state index >= 15 is 0 Å². The summed E-state index contributed by atoms with van der Waals surface area (Å²) in [5, 5.41) is 0. The lowest BCUT2D eigenvalue weighted by atomic mass is 9.94. The van der Waals surface area contributed by atoms with E-state index in [1.54, 1.807) is 0 Å². The van der Waals surface area contributed by atoms with Crippen molar-refractivity contribution in [3.8, 4) is 0 Å². The molecule has 12 heavy (non-hydrogen) atoms. The average molecular weight is 164 g/mol. The highest BCUT2D eigenvalue weighted by Crippen LogP contribution is 2.32. The quantitative estimate of drug-likeness (QED) is 0.513. The molecule has 1 saturated heterocycles. The molecule has 0 N–H and O–H groups in total. The maximum absolute atomic E-state index is 11.0. The minimum absolute atomic E-state index is 0.0802. The van der Waals surface area contributed by atoms with Crippen LogP contribution in [0.1, 0.15) is 32.6 Å². The van der Waals surface area contributed by atoms with Crippen LogP contribution in [0.15, 0.2) is 23.0 Å². The molecule has 0 bridgehead atoms.